The molecule has 1 aliphatic rings. The molecule has 1 atom stereocenters. The van der Waals surface area contributed by atoms with Crippen LogP contribution in [0.1, 0.15) is 39.5 Å². The van der Waals surface area contributed by atoms with Crippen LogP contribution in [0.3, 0.4) is 0 Å². The largest absolute Gasteiger partial charge is 0.397 e. The van der Waals surface area contributed by atoms with Crippen LogP contribution in [0, 0.1) is 5.41 Å². The number of anilines is 2. The van der Waals surface area contributed by atoms with Crippen LogP contribution >= 0.6 is 11.6 Å². The molecule has 0 spiro atoms. The van der Waals surface area contributed by atoms with Gasteiger partial charge in [0.25, 0.3) is 0 Å². The molecular weight excluding hydrogens is 232 g/mol. The van der Waals surface area contributed by atoms with Gasteiger partial charge in [0, 0.05) is 11.1 Å². The molecular formula is C14H21ClN2. The number of nitrogen functional groups attached to an aromatic ring is 1. The van der Waals surface area contributed by atoms with Crippen molar-refractivity contribution >= 4 is 23.0 Å². The lowest BCUT2D eigenvalue weighted by molar-refractivity contribution is 0.217. The minimum atomic E-state index is 0.338. The molecule has 1 aromatic rings. The molecule has 1 aliphatic carbocycles. The topological polar surface area (TPSA) is 38.0 Å². The van der Waals surface area contributed by atoms with E-state index in [4.69, 9.17) is 17.3 Å². The molecule has 0 bridgehead atoms. The highest BCUT2D eigenvalue weighted by atomic mass is 35.5. The van der Waals surface area contributed by atoms with Gasteiger partial charge in [-0.05, 0) is 36.5 Å². The smallest absolute Gasteiger partial charge is 0.0577 e. The molecule has 0 heterocycles. The molecule has 0 aliphatic heterocycles. The minimum absolute atomic E-state index is 0.338. The van der Waals surface area contributed by atoms with Gasteiger partial charge < -0.3 is 11.1 Å². The lowest BCUT2D eigenvalue weighted by Gasteiger charge is -2.39. The van der Waals surface area contributed by atoms with Gasteiger partial charge in [-0.1, -0.05) is 38.3 Å². The number of nitrogens with two attached hydrogens (primary N) is 1. The quantitative estimate of drug-likeness (QED) is 0.770. The lowest BCUT2D eigenvalue weighted by Crippen LogP contribution is -2.39. The van der Waals surface area contributed by atoms with Crippen molar-refractivity contribution in [3.05, 3.63) is 23.2 Å². The van der Waals surface area contributed by atoms with E-state index in [1.807, 2.05) is 12.1 Å². The highest BCUT2D eigenvalue weighted by molar-refractivity contribution is 6.31. The Morgan fingerprint density at radius 1 is 1.35 bits per heavy atom. The van der Waals surface area contributed by atoms with E-state index in [0.717, 1.165) is 11.4 Å². The van der Waals surface area contributed by atoms with Crippen LogP contribution in [0.2, 0.25) is 5.02 Å². The Balaban J connectivity index is 2.14. The minimum Gasteiger partial charge on any atom is -0.397 e. The van der Waals surface area contributed by atoms with Crippen LogP contribution in [-0.2, 0) is 0 Å². The van der Waals surface area contributed by atoms with Crippen molar-refractivity contribution in [2.45, 2.75) is 45.6 Å². The summed E-state index contributed by atoms with van der Waals surface area (Å²) in [5, 5.41) is 4.27. The first-order chi connectivity index (χ1) is 7.99. The summed E-state index contributed by atoms with van der Waals surface area (Å²) < 4.78 is 0. The Morgan fingerprint density at radius 2 is 2.12 bits per heavy atom. The molecule has 3 heteroatoms. The van der Waals surface area contributed by atoms with Crippen molar-refractivity contribution in [2.75, 3.05) is 11.1 Å². The SMILES string of the molecule is CC1(C)CCCCC1Nc1ccc(Cl)cc1N. The van der Waals surface area contributed by atoms with E-state index in [2.05, 4.69) is 19.2 Å². The Hall–Kier alpha value is -0.890. The lowest BCUT2D eigenvalue weighted by atomic mass is 9.73. The van der Waals surface area contributed by atoms with Crippen LogP contribution in [0.5, 0.6) is 0 Å². The molecule has 2 rings (SSSR count). The maximum absolute atomic E-state index is 5.98. The molecule has 1 fully saturated rings. The Kier molecular flexibility index (Phi) is 3.53. The molecule has 0 radical (unpaired) electrons. The summed E-state index contributed by atoms with van der Waals surface area (Å²) in [5.74, 6) is 0. The summed E-state index contributed by atoms with van der Waals surface area (Å²) in [6.45, 7) is 4.66. The van der Waals surface area contributed by atoms with E-state index >= 15 is 0 Å². The van der Waals surface area contributed by atoms with Gasteiger partial charge in [0.15, 0.2) is 0 Å². The Morgan fingerprint density at radius 3 is 2.76 bits per heavy atom. The van der Waals surface area contributed by atoms with E-state index in [1.54, 1.807) is 6.07 Å². The van der Waals surface area contributed by atoms with Crippen molar-refractivity contribution in [3.63, 3.8) is 0 Å². The fraction of sp³-hybridized carbons (Fsp3) is 0.571. The van der Waals surface area contributed by atoms with Gasteiger partial charge in [0.1, 0.15) is 0 Å². The molecule has 1 unspecified atom stereocenters. The number of rotatable bonds is 2. The second kappa shape index (κ2) is 4.77. The predicted octanol–water partition coefficient (Wildman–Crippen LogP) is 4.30. The van der Waals surface area contributed by atoms with E-state index < -0.39 is 0 Å². The maximum atomic E-state index is 5.98. The van der Waals surface area contributed by atoms with Crippen LogP contribution < -0.4 is 11.1 Å². The highest BCUT2D eigenvalue weighted by Gasteiger charge is 2.32. The van der Waals surface area contributed by atoms with E-state index in [9.17, 15) is 0 Å². The molecule has 17 heavy (non-hydrogen) atoms. The summed E-state index contributed by atoms with van der Waals surface area (Å²) in [6, 6.07) is 6.16. The highest BCUT2D eigenvalue weighted by Crippen LogP contribution is 2.38. The average molecular weight is 253 g/mol. The number of hydrogen-bond donors (Lipinski definition) is 2. The number of nitrogens with one attached hydrogen (secondary N) is 1. The molecule has 0 amide bonds. The van der Waals surface area contributed by atoms with Crippen molar-refractivity contribution in [1.82, 2.24) is 0 Å². The van der Waals surface area contributed by atoms with Gasteiger partial charge in [0.2, 0.25) is 0 Å². The Bertz CT molecular complexity index is 401. The first-order valence-corrected chi connectivity index (χ1v) is 6.68. The third-order valence-electron chi connectivity index (χ3n) is 3.85. The number of benzene rings is 1. The summed E-state index contributed by atoms with van der Waals surface area (Å²) >= 11 is 5.91. The van der Waals surface area contributed by atoms with E-state index in [0.29, 0.717) is 16.5 Å². The molecule has 0 aromatic heterocycles. The number of hydrogen-bond acceptors (Lipinski definition) is 2. The van der Waals surface area contributed by atoms with Crippen LogP contribution in [0.25, 0.3) is 0 Å². The van der Waals surface area contributed by atoms with Crippen LogP contribution in [0.4, 0.5) is 11.4 Å². The molecule has 94 valence electrons. The van der Waals surface area contributed by atoms with Gasteiger partial charge >= 0.3 is 0 Å². The number of halogens is 1. The average Bonchev–Trinajstić information content (AvgIpc) is 2.24. The van der Waals surface area contributed by atoms with Crippen molar-refractivity contribution in [2.24, 2.45) is 5.41 Å². The second-order valence-corrected chi connectivity index (χ2v) is 6.10. The summed E-state index contributed by atoms with van der Waals surface area (Å²) in [6.07, 6.45) is 5.13. The van der Waals surface area contributed by atoms with E-state index in [1.165, 1.54) is 25.7 Å². The van der Waals surface area contributed by atoms with Gasteiger partial charge in [-0.25, -0.2) is 0 Å². The third-order valence-corrected chi connectivity index (χ3v) is 4.09. The zero-order valence-electron chi connectivity index (χ0n) is 10.6. The molecule has 3 N–H and O–H groups in total. The first-order valence-electron chi connectivity index (χ1n) is 6.30. The third kappa shape index (κ3) is 2.86. The fourth-order valence-corrected chi connectivity index (χ4v) is 2.79. The molecule has 0 saturated heterocycles. The summed E-state index contributed by atoms with van der Waals surface area (Å²) in [5.41, 5.74) is 8.06. The normalized spacial score (nSPS) is 23.4. The van der Waals surface area contributed by atoms with Gasteiger partial charge in [-0.3, -0.25) is 0 Å². The standard InChI is InChI=1S/C14H21ClN2/c1-14(2)8-4-3-5-13(14)17-12-7-6-10(15)9-11(12)16/h6-7,9,13,17H,3-5,8,16H2,1-2H3. The zero-order valence-corrected chi connectivity index (χ0v) is 11.3. The zero-order chi connectivity index (χ0) is 12.5. The summed E-state index contributed by atoms with van der Waals surface area (Å²) in [4.78, 5) is 0. The Labute approximate surface area is 109 Å². The van der Waals surface area contributed by atoms with Crippen LogP contribution in [0.15, 0.2) is 18.2 Å². The predicted molar refractivity (Wildman–Crippen MR) is 75.5 cm³/mol. The fourth-order valence-electron chi connectivity index (χ4n) is 2.61. The summed E-state index contributed by atoms with van der Waals surface area (Å²) in [7, 11) is 0. The van der Waals surface area contributed by atoms with Crippen molar-refractivity contribution < 1.29 is 0 Å². The van der Waals surface area contributed by atoms with Gasteiger partial charge in [-0.2, -0.15) is 0 Å². The van der Waals surface area contributed by atoms with Crippen molar-refractivity contribution in [3.8, 4) is 0 Å². The molecule has 2 nitrogen and oxygen atoms in total. The van der Waals surface area contributed by atoms with Gasteiger partial charge in [0.05, 0.1) is 11.4 Å². The van der Waals surface area contributed by atoms with Crippen molar-refractivity contribution in [1.29, 1.82) is 0 Å². The maximum Gasteiger partial charge on any atom is 0.0577 e. The monoisotopic (exact) mass is 252 g/mol. The van der Waals surface area contributed by atoms with E-state index in [-0.39, 0.29) is 0 Å². The van der Waals surface area contributed by atoms with Gasteiger partial charge in [-0.15, -0.1) is 0 Å². The molecule has 1 saturated carbocycles. The van der Waals surface area contributed by atoms with Crippen LogP contribution in [-0.4, -0.2) is 6.04 Å². The molecule has 1 aromatic carbocycles. The first kappa shape index (κ1) is 12.6. The second-order valence-electron chi connectivity index (χ2n) is 5.66.